The Kier molecular flexibility index (Phi) is 5.11. The molecule has 0 spiro atoms. The van der Waals surface area contributed by atoms with Crippen molar-refractivity contribution < 1.29 is 19.1 Å². The van der Waals surface area contributed by atoms with Crippen molar-refractivity contribution in [2.24, 2.45) is 0 Å². The number of nitrogens with one attached hydrogen (secondary N) is 2. The minimum absolute atomic E-state index is 0.127. The van der Waals surface area contributed by atoms with Gasteiger partial charge in [-0.1, -0.05) is 12.1 Å². The van der Waals surface area contributed by atoms with Gasteiger partial charge in [-0.3, -0.25) is 0 Å². The maximum absolute atomic E-state index is 12.0. The van der Waals surface area contributed by atoms with Gasteiger partial charge in [-0.15, -0.1) is 0 Å². The Morgan fingerprint density at radius 2 is 1.91 bits per heavy atom. The molecule has 7 heteroatoms. The molecule has 2 rings (SSSR count). The predicted molar refractivity (Wildman–Crippen MR) is 84.0 cm³/mol. The minimum atomic E-state index is -0.406. The van der Waals surface area contributed by atoms with Gasteiger partial charge in [0.15, 0.2) is 5.11 Å². The molecule has 1 aromatic carbocycles. The molecule has 0 unspecified atom stereocenters. The van der Waals surface area contributed by atoms with Gasteiger partial charge in [0.1, 0.15) is 6.61 Å². The summed E-state index contributed by atoms with van der Waals surface area (Å²) in [6.45, 7) is 2.24. The van der Waals surface area contributed by atoms with Crippen LogP contribution < -0.4 is 10.6 Å². The molecule has 0 bridgehead atoms. The molecule has 6 nitrogen and oxygen atoms in total. The minimum Gasteiger partial charge on any atom is -0.465 e. The lowest BCUT2D eigenvalue weighted by Gasteiger charge is -2.20. The molecule has 116 valence electrons. The maximum Gasteiger partial charge on any atom is 0.337 e. The van der Waals surface area contributed by atoms with Crippen LogP contribution in [-0.4, -0.2) is 30.7 Å². The van der Waals surface area contributed by atoms with Crippen molar-refractivity contribution in [1.82, 2.24) is 10.6 Å². The van der Waals surface area contributed by atoms with Crippen LogP contribution in [0.25, 0.3) is 0 Å². The third-order valence-electron chi connectivity index (χ3n) is 3.17. The fourth-order valence-corrected chi connectivity index (χ4v) is 2.13. The summed E-state index contributed by atoms with van der Waals surface area (Å²) < 4.78 is 9.88. The fourth-order valence-electron chi connectivity index (χ4n) is 1.91. The first-order valence-corrected chi connectivity index (χ1v) is 7.01. The van der Waals surface area contributed by atoms with Gasteiger partial charge >= 0.3 is 11.9 Å². The highest BCUT2D eigenvalue weighted by Crippen LogP contribution is 2.11. The molecule has 1 aliphatic rings. The smallest absolute Gasteiger partial charge is 0.337 e. The molecule has 0 amide bonds. The van der Waals surface area contributed by atoms with Gasteiger partial charge in [0.2, 0.25) is 0 Å². The molecule has 0 saturated carbocycles. The van der Waals surface area contributed by atoms with E-state index in [4.69, 9.17) is 17.0 Å². The van der Waals surface area contributed by atoms with Gasteiger partial charge in [0.05, 0.1) is 24.8 Å². The van der Waals surface area contributed by atoms with E-state index in [0.29, 0.717) is 28.5 Å². The van der Waals surface area contributed by atoms with Gasteiger partial charge in [-0.25, -0.2) is 9.59 Å². The van der Waals surface area contributed by atoms with E-state index in [9.17, 15) is 9.59 Å². The third-order valence-corrected chi connectivity index (χ3v) is 3.42. The second-order valence-corrected chi connectivity index (χ2v) is 5.08. The number of esters is 2. The van der Waals surface area contributed by atoms with Crippen LogP contribution in [0.2, 0.25) is 0 Å². The summed E-state index contributed by atoms with van der Waals surface area (Å²) in [5.41, 5.74) is 2.44. The van der Waals surface area contributed by atoms with Crippen LogP contribution in [0, 0.1) is 0 Å². The number of carbonyl (C=O) groups is 2. The van der Waals surface area contributed by atoms with E-state index >= 15 is 0 Å². The predicted octanol–water partition coefficient (Wildman–Crippen LogP) is 1.27. The molecule has 1 aromatic rings. The number of carbonyl (C=O) groups excluding carboxylic acids is 2. The van der Waals surface area contributed by atoms with Crippen LogP contribution in [-0.2, 0) is 20.9 Å². The summed E-state index contributed by atoms with van der Waals surface area (Å²) >= 11 is 4.96. The van der Waals surface area contributed by atoms with E-state index in [1.54, 1.807) is 31.2 Å². The second-order valence-electron chi connectivity index (χ2n) is 4.68. The summed E-state index contributed by atoms with van der Waals surface area (Å²) in [5, 5.41) is 6.25. The molecular weight excluding hydrogens is 304 g/mol. The highest BCUT2D eigenvalue weighted by Gasteiger charge is 2.19. The van der Waals surface area contributed by atoms with Crippen LogP contribution in [0.1, 0.15) is 22.8 Å². The van der Waals surface area contributed by atoms with Gasteiger partial charge < -0.3 is 20.1 Å². The third kappa shape index (κ3) is 3.82. The second kappa shape index (κ2) is 7.04. The lowest BCUT2D eigenvalue weighted by Crippen LogP contribution is -2.42. The molecule has 1 aliphatic heterocycles. The lowest BCUT2D eigenvalue weighted by atomic mass is 10.1. The van der Waals surface area contributed by atoms with E-state index in [1.165, 1.54) is 7.11 Å². The Balaban J connectivity index is 1.95. The molecule has 0 fully saturated rings. The van der Waals surface area contributed by atoms with Gasteiger partial charge in [0, 0.05) is 5.70 Å². The Bertz CT molecular complexity index is 637. The summed E-state index contributed by atoms with van der Waals surface area (Å²) in [4.78, 5) is 23.4. The largest absolute Gasteiger partial charge is 0.465 e. The zero-order valence-corrected chi connectivity index (χ0v) is 13.1. The average molecular weight is 320 g/mol. The SMILES string of the molecule is COC(=O)c1ccc(COC(=O)C2=C(C)NC(=S)NC2)cc1. The number of methoxy groups -OCH3 is 1. The monoisotopic (exact) mass is 320 g/mol. The molecular formula is C15H16N2O4S. The van der Waals surface area contributed by atoms with Crippen molar-refractivity contribution >= 4 is 29.3 Å². The first-order valence-electron chi connectivity index (χ1n) is 6.60. The molecule has 0 atom stereocenters. The van der Waals surface area contributed by atoms with E-state index in [2.05, 4.69) is 15.4 Å². The number of thiocarbonyl (C=S) groups is 1. The standard InChI is InChI=1S/C15H16N2O4S/c1-9-12(7-16-15(22)17-9)14(19)21-8-10-3-5-11(6-4-10)13(18)20-2/h3-6H,7-8H2,1-2H3,(H2,16,17,22). The van der Waals surface area contributed by atoms with Crippen LogP contribution >= 0.6 is 12.2 Å². The number of hydrogen-bond donors (Lipinski definition) is 2. The van der Waals surface area contributed by atoms with Crippen molar-refractivity contribution in [2.45, 2.75) is 13.5 Å². The molecule has 1 heterocycles. The first kappa shape index (κ1) is 16.0. The highest BCUT2D eigenvalue weighted by molar-refractivity contribution is 7.80. The van der Waals surface area contributed by atoms with Crippen molar-refractivity contribution in [2.75, 3.05) is 13.7 Å². The van der Waals surface area contributed by atoms with Gasteiger partial charge in [-0.2, -0.15) is 0 Å². The molecule has 22 heavy (non-hydrogen) atoms. The van der Waals surface area contributed by atoms with E-state index in [-0.39, 0.29) is 6.61 Å². The quantitative estimate of drug-likeness (QED) is 0.639. The summed E-state index contributed by atoms with van der Waals surface area (Å²) in [6, 6.07) is 6.68. The topological polar surface area (TPSA) is 76.7 Å². The molecule has 0 aliphatic carbocycles. The van der Waals surface area contributed by atoms with Gasteiger partial charge in [0.25, 0.3) is 0 Å². The Labute approximate surface area is 133 Å². The zero-order valence-electron chi connectivity index (χ0n) is 12.3. The number of ether oxygens (including phenoxy) is 2. The van der Waals surface area contributed by atoms with Gasteiger partial charge in [-0.05, 0) is 36.8 Å². The first-order chi connectivity index (χ1) is 10.5. The summed E-state index contributed by atoms with van der Waals surface area (Å²) in [7, 11) is 1.33. The summed E-state index contributed by atoms with van der Waals surface area (Å²) in [6.07, 6.45) is 0. The van der Waals surface area contributed by atoms with E-state index in [1.807, 2.05) is 0 Å². The van der Waals surface area contributed by atoms with E-state index < -0.39 is 11.9 Å². The van der Waals surface area contributed by atoms with E-state index in [0.717, 1.165) is 5.56 Å². The Morgan fingerprint density at radius 1 is 1.23 bits per heavy atom. The van der Waals surface area contributed by atoms with Crippen LogP contribution in [0.3, 0.4) is 0 Å². The van der Waals surface area contributed by atoms with Crippen molar-refractivity contribution in [3.8, 4) is 0 Å². The zero-order chi connectivity index (χ0) is 16.1. The molecule has 2 N–H and O–H groups in total. The Hall–Kier alpha value is -2.41. The highest BCUT2D eigenvalue weighted by atomic mass is 32.1. The number of allylic oxidation sites excluding steroid dienone is 1. The normalized spacial score (nSPS) is 14.0. The van der Waals surface area contributed by atoms with Crippen LogP contribution in [0.4, 0.5) is 0 Å². The van der Waals surface area contributed by atoms with Crippen LogP contribution in [0.5, 0.6) is 0 Å². The molecule has 0 saturated heterocycles. The molecule has 0 radical (unpaired) electrons. The Morgan fingerprint density at radius 3 is 2.50 bits per heavy atom. The lowest BCUT2D eigenvalue weighted by molar-refractivity contribution is -0.140. The average Bonchev–Trinajstić information content (AvgIpc) is 2.52. The number of hydrogen-bond acceptors (Lipinski definition) is 5. The number of rotatable bonds is 4. The summed E-state index contributed by atoms with van der Waals surface area (Å²) in [5.74, 6) is -0.809. The molecule has 0 aromatic heterocycles. The number of benzene rings is 1. The fraction of sp³-hybridized carbons (Fsp3) is 0.267. The van der Waals surface area contributed by atoms with Crippen molar-refractivity contribution in [3.63, 3.8) is 0 Å². The van der Waals surface area contributed by atoms with Crippen molar-refractivity contribution in [1.29, 1.82) is 0 Å². The van der Waals surface area contributed by atoms with Crippen molar-refractivity contribution in [3.05, 3.63) is 46.7 Å². The maximum atomic E-state index is 12.0. The van der Waals surface area contributed by atoms with Crippen LogP contribution in [0.15, 0.2) is 35.5 Å².